The van der Waals surface area contributed by atoms with Crippen molar-refractivity contribution in [2.45, 2.75) is 19.0 Å². The van der Waals surface area contributed by atoms with E-state index in [0.29, 0.717) is 24.1 Å². The predicted molar refractivity (Wildman–Crippen MR) is 147 cm³/mol. The van der Waals surface area contributed by atoms with Crippen LogP contribution in [0.4, 0.5) is 11.4 Å². The normalized spacial score (nSPS) is 14.2. The first-order chi connectivity index (χ1) is 17.9. The number of amides is 2. The summed E-state index contributed by atoms with van der Waals surface area (Å²) in [5.74, 6) is -0.641. The average Bonchev–Trinajstić information content (AvgIpc) is 3.27. The second kappa shape index (κ2) is 9.99. The van der Waals surface area contributed by atoms with E-state index in [0.717, 1.165) is 33.6 Å². The number of hydrogen-bond donors (Lipinski definition) is 4. The molecule has 0 radical (unpaired) electrons. The molecule has 184 valence electrons. The third-order valence-corrected chi connectivity index (χ3v) is 6.63. The number of benzene rings is 4. The molecule has 1 atom stereocenters. The summed E-state index contributed by atoms with van der Waals surface area (Å²) in [6.07, 6.45) is 0.525. The van der Waals surface area contributed by atoms with Gasteiger partial charge in [-0.3, -0.25) is 15.0 Å². The summed E-state index contributed by atoms with van der Waals surface area (Å²) in [7, 11) is 0. The van der Waals surface area contributed by atoms with Crippen LogP contribution in [0, 0.1) is 5.41 Å². The molecule has 1 heterocycles. The van der Waals surface area contributed by atoms with E-state index in [1.165, 1.54) is 0 Å². The first-order valence-corrected chi connectivity index (χ1v) is 12.0. The fourth-order valence-electron chi connectivity index (χ4n) is 4.69. The summed E-state index contributed by atoms with van der Waals surface area (Å²) in [4.78, 5) is 27.1. The van der Waals surface area contributed by atoms with Crippen LogP contribution >= 0.6 is 0 Å². The SMILES string of the molecule is N=C(N)c1ccc2c(c1)N(Cc1ccc(C(N)=O)cc1)C(C(=O)Nc1cccc(-c3ccccc3)c1)C2. The van der Waals surface area contributed by atoms with Crippen LogP contribution in [0.15, 0.2) is 97.1 Å². The minimum Gasteiger partial charge on any atom is -0.384 e. The number of nitrogens with zero attached hydrogens (tertiary/aromatic N) is 1. The number of nitrogens with one attached hydrogen (secondary N) is 2. The molecule has 0 saturated heterocycles. The van der Waals surface area contributed by atoms with E-state index in [2.05, 4.69) is 5.32 Å². The second-order valence-electron chi connectivity index (χ2n) is 9.10. The van der Waals surface area contributed by atoms with Gasteiger partial charge in [-0.05, 0) is 52.6 Å². The summed E-state index contributed by atoms with van der Waals surface area (Å²) in [6.45, 7) is 0.440. The molecule has 37 heavy (non-hydrogen) atoms. The van der Waals surface area contributed by atoms with Gasteiger partial charge < -0.3 is 21.7 Å². The van der Waals surface area contributed by atoms with Crippen molar-refractivity contribution >= 4 is 29.0 Å². The minimum atomic E-state index is -0.487. The topological polar surface area (TPSA) is 125 Å². The molecule has 0 aromatic heterocycles. The standard InChI is InChI=1S/C30H27N5O2/c31-28(32)24-14-13-23-16-27(35(26(23)17-24)18-19-9-11-21(12-10-19)29(33)36)30(37)34-25-8-4-7-22(15-25)20-5-2-1-3-6-20/h1-15,17,27H,16,18H2,(H3,31,32)(H2,33,36)(H,34,37). The Labute approximate surface area is 215 Å². The van der Waals surface area contributed by atoms with Crippen molar-refractivity contribution in [1.29, 1.82) is 5.41 Å². The van der Waals surface area contributed by atoms with Crippen LogP contribution in [-0.4, -0.2) is 23.7 Å². The van der Waals surface area contributed by atoms with Crippen LogP contribution in [0.2, 0.25) is 0 Å². The molecule has 1 aliphatic heterocycles. The van der Waals surface area contributed by atoms with E-state index in [9.17, 15) is 9.59 Å². The number of nitrogen functional groups attached to an aromatic ring is 1. The lowest BCUT2D eigenvalue weighted by molar-refractivity contribution is -0.117. The Morgan fingerprint density at radius 2 is 1.54 bits per heavy atom. The number of rotatable bonds is 7. The van der Waals surface area contributed by atoms with Crippen LogP contribution < -0.4 is 21.7 Å². The number of primary amides is 1. The summed E-state index contributed by atoms with van der Waals surface area (Å²) in [5, 5.41) is 11.0. The number of carbonyl (C=O) groups is 2. The van der Waals surface area contributed by atoms with Crippen LogP contribution in [0.25, 0.3) is 11.1 Å². The van der Waals surface area contributed by atoms with Gasteiger partial charge in [-0.2, -0.15) is 0 Å². The van der Waals surface area contributed by atoms with Crippen molar-refractivity contribution in [3.63, 3.8) is 0 Å². The molecule has 2 amide bonds. The van der Waals surface area contributed by atoms with Crippen molar-refractivity contribution in [2.24, 2.45) is 11.5 Å². The van der Waals surface area contributed by atoms with E-state index in [4.69, 9.17) is 16.9 Å². The van der Waals surface area contributed by atoms with Crippen molar-refractivity contribution < 1.29 is 9.59 Å². The number of nitrogens with two attached hydrogens (primary N) is 2. The lowest BCUT2D eigenvalue weighted by Gasteiger charge is -2.27. The first kappa shape index (κ1) is 23.8. The maximum absolute atomic E-state index is 13.6. The molecule has 0 fully saturated rings. The van der Waals surface area contributed by atoms with Crippen LogP contribution in [0.3, 0.4) is 0 Å². The summed E-state index contributed by atoms with van der Waals surface area (Å²) >= 11 is 0. The third-order valence-electron chi connectivity index (χ3n) is 6.63. The zero-order valence-corrected chi connectivity index (χ0v) is 20.1. The molecule has 5 rings (SSSR count). The lowest BCUT2D eigenvalue weighted by atomic mass is 10.0. The highest BCUT2D eigenvalue weighted by atomic mass is 16.2. The van der Waals surface area contributed by atoms with E-state index in [1.807, 2.05) is 89.8 Å². The second-order valence-corrected chi connectivity index (χ2v) is 9.10. The first-order valence-electron chi connectivity index (χ1n) is 12.0. The molecule has 4 aromatic carbocycles. The van der Waals surface area contributed by atoms with Gasteiger partial charge in [0.15, 0.2) is 0 Å². The Kier molecular flexibility index (Phi) is 6.43. The quantitative estimate of drug-likeness (QED) is 0.228. The molecule has 0 aliphatic carbocycles. The van der Waals surface area contributed by atoms with Gasteiger partial charge in [0.25, 0.3) is 0 Å². The Morgan fingerprint density at radius 1 is 0.838 bits per heavy atom. The van der Waals surface area contributed by atoms with E-state index >= 15 is 0 Å². The number of fused-ring (bicyclic) bond motifs is 1. The number of anilines is 2. The van der Waals surface area contributed by atoms with E-state index in [-0.39, 0.29) is 11.7 Å². The number of amidine groups is 1. The Bertz CT molecular complexity index is 1480. The maximum atomic E-state index is 13.6. The number of hydrogen-bond acceptors (Lipinski definition) is 4. The van der Waals surface area contributed by atoms with Crippen molar-refractivity contribution in [3.8, 4) is 11.1 Å². The molecule has 6 N–H and O–H groups in total. The maximum Gasteiger partial charge on any atom is 0.248 e. The van der Waals surface area contributed by atoms with Crippen LogP contribution in [0.1, 0.15) is 27.0 Å². The van der Waals surface area contributed by atoms with E-state index in [1.54, 1.807) is 12.1 Å². The van der Waals surface area contributed by atoms with Gasteiger partial charge in [0.2, 0.25) is 11.8 Å². The molecule has 7 nitrogen and oxygen atoms in total. The summed E-state index contributed by atoms with van der Waals surface area (Å²) in [5.41, 5.74) is 17.8. The Hall–Kier alpha value is -4.91. The largest absolute Gasteiger partial charge is 0.384 e. The fourth-order valence-corrected chi connectivity index (χ4v) is 4.69. The van der Waals surface area contributed by atoms with Crippen molar-refractivity contribution in [3.05, 3.63) is 119 Å². The average molecular weight is 490 g/mol. The zero-order valence-electron chi connectivity index (χ0n) is 20.1. The fraction of sp³-hybridized carbons (Fsp3) is 0.100. The van der Waals surface area contributed by atoms with Gasteiger partial charge >= 0.3 is 0 Å². The van der Waals surface area contributed by atoms with E-state index < -0.39 is 11.9 Å². The summed E-state index contributed by atoms with van der Waals surface area (Å²) < 4.78 is 0. The molecule has 0 bridgehead atoms. The molecule has 4 aromatic rings. The highest BCUT2D eigenvalue weighted by Crippen LogP contribution is 2.35. The van der Waals surface area contributed by atoms with Crippen molar-refractivity contribution in [2.75, 3.05) is 10.2 Å². The molecule has 0 saturated carbocycles. The van der Waals surface area contributed by atoms with Gasteiger partial charge in [-0.15, -0.1) is 0 Å². The molecule has 0 spiro atoms. The van der Waals surface area contributed by atoms with Gasteiger partial charge in [-0.25, -0.2) is 0 Å². The van der Waals surface area contributed by atoms with Gasteiger partial charge in [-0.1, -0.05) is 66.7 Å². The molecular formula is C30H27N5O2. The highest BCUT2D eigenvalue weighted by molar-refractivity contribution is 6.00. The number of carbonyl (C=O) groups excluding carboxylic acids is 2. The van der Waals surface area contributed by atoms with Crippen LogP contribution in [0.5, 0.6) is 0 Å². The lowest BCUT2D eigenvalue weighted by Crippen LogP contribution is -2.41. The zero-order chi connectivity index (χ0) is 25.9. The van der Waals surface area contributed by atoms with Gasteiger partial charge in [0, 0.05) is 35.5 Å². The predicted octanol–water partition coefficient (Wildman–Crippen LogP) is 4.31. The molecule has 7 heteroatoms. The van der Waals surface area contributed by atoms with Gasteiger partial charge in [0.1, 0.15) is 11.9 Å². The smallest absolute Gasteiger partial charge is 0.248 e. The van der Waals surface area contributed by atoms with Crippen LogP contribution in [-0.2, 0) is 17.8 Å². The monoisotopic (exact) mass is 489 g/mol. The van der Waals surface area contributed by atoms with Crippen molar-refractivity contribution in [1.82, 2.24) is 0 Å². The Morgan fingerprint density at radius 3 is 2.24 bits per heavy atom. The molecule has 1 unspecified atom stereocenters. The highest BCUT2D eigenvalue weighted by Gasteiger charge is 2.35. The Balaban J connectivity index is 1.43. The molecular weight excluding hydrogens is 462 g/mol. The third kappa shape index (κ3) is 5.06. The minimum absolute atomic E-state index is 0.0285. The summed E-state index contributed by atoms with van der Waals surface area (Å²) in [6, 6.07) is 30.0. The van der Waals surface area contributed by atoms with Gasteiger partial charge in [0.05, 0.1) is 0 Å². The molecule has 1 aliphatic rings.